The summed E-state index contributed by atoms with van der Waals surface area (Å²) in [5, 5.41) is 10.8. The van der Waals surface area contributed by atoms with Crippen LogP contribution < -0.4 is 10.1 Å². The molecule has 2 aromatic rings. The molecule has 116 valence electrons. The Balaban J connectivity index is 1.73. The van der Waals surface area contributed by atoms with Crippen molar-refractivity contribution in [2.24, 2.45) is 0 Å². The fourth-order valence-corrected chi connectivity index (χ4v) is 2.25. The zero-order chi connectivity index (χ0) is 15.5. The number of halogens is 1. The summed E-state index contributed by atoms with van der Waals surface area (Å²) in [7, 11) is 0. The minimum absolute atomic E-state index is 0.217. The number of urea groups is 1. The predicted molar refractivity (Wildman–Crippen MR) is 77.0 cm³/mol. The van der Waals surface area contributed by atoms with Gasteiger partial charge in [-0.3, -0.25) is 5.32 Å². The first-order chi connectivity index (χ1) is 10.7. The number of carbonyl (C=O) groups is 1. The number of benzene rings is 1. The number of amides is 2. The van der Waals surface area contributed by atoms with Crippen molar-refractivity contribution in [2.75, 3.05) is 18.5 Å². The van der Waals surface area contributed by atoms with E-state index in [0.717, 1.165) is 0 Å². The molecule has 0 radical (unpaired) electrons. The molecule has 2 amide bonds. The third kappa shape index (κ3) is 2.85. The average Bonchev–Trinajstić information content (AvgIpc) is 2.84. The van der Waals surface area contributed by atoms with Crippen LogP contribution in [0, 0.1) is 5.82 Å². The number of ether oxygens (including phenoxy) is 1. The van der Waals surface area contributed by atoms with Gasteiger partial charge in [0, 0.05) is 5.56 Å². The van der Waals surface area contributed by atoms with E-state index in [1.807, 2.05) is 6.92 Å². The quantitative estimate of drug-likeness (QED) is 0.919. The summed E-state index contributed by atoms with van der Waals surface area (Å²) in [5.41, 5.74) is 0.643. The molecule has 0 bridgehead atoms. The Morgan fingerprint density at radius 2 is 2.36 bits per heavy atom. The van der Waals surface area contributed by atoms with Gasteiger partial charge in [0.15, 0.2) is 17.4 Å². The highest BCUT2D eigenvalue weighted by atomic mass is 19.1. The van der Waals surface area contributed by atoms with E-state index in [-0.39, 0.29) is 24.9 Å². The van der Waals surface area contributed by atoms with Crippen LogP contribution in [0.1, 0.15) is 12.5 Å². The smallest absolute Gasteiger partial charge is 0.323 e. The summed E-state index contributed by atoms with van der Waals surface area (Å²) >= 11 is 0. The van der Waals surface area contributed by atoms with Gasteiger partial charge in [0.1, 0.15) is 6.61 Å². The number of hydrogen-bond acceptors (Lipinski definition) is 4. The fraction of sp³-hybridized carbons (Fsp3) is 0.357. The fourth-order valence-electron chi connectivity index (χ4n) is 2.25. The zero-order valence-corrected chi connectivity index (χ0v) is 12.1. The topological polar surface area (TPSA) is 72.3 Å². The molecular formula is C14H16FN5O2. The molecule has 0 saturated carbocycles. The Labute approximate surface area is 126 Å². The van der Waals surface area contributed by atoms with Gasteiger partial charge in [-0.25, -0.2) is 9.18 Å². The molecule has 0 atom stereocenters. The summed E-state index contributed by atoms with van der Waals surface area (Å²) in [6, 6.07) is 4.38. The van der Waals surface area contributed by atoms with Gasteiger partial charge in [-0.2, -0.15) is 9.90 Å². The van der Waals surface area contributed by atoms with Crippen molar-refractivity contribution in [2.45, 2.75) is 20.0 Å². The van der Waals surface area contributed by atoms with Gasteiger partial charge in [-0.1, -0.05) is 12.1 Å². The van der Waals surface area contributed by atoms with Gasteiger partial charge in [-0.15, -0.1) is 5.10 Å². The Morgan fingerprint density at radius 3 is 3.14 bits per heavy atom. The van der Waals surface area contributed by atoms with Crippen molar-refractivity contribution < 1.29 is 13.9 Å². The van der Waals surface area contributed by atoms with Gasteiger partial charge in [0.05, 0.1) is 25.8 Å². The van der Waals surface area contributed by atoms with Crippen LogP contribution in [0.4, 0.5) is 15.0 Å². The standard InChI is InChI=1S/C14H16FN5O2/c1-2-20-16-8-12(18-20)17-14(21)19-6-7-22-13-10(9-19)4-3-5-11(13)15/h3-5,8H,2,6-7,9H2,1H3,(H,17,18,21). The Hall–Kier alpha value is -2.64. The van der Waals surface area contributed by atoms with Crippen molar-refractivity contribution in [3.05, 3.63) is 35.8 Å². The van der Waals surface area contributed by atoms with Crippen LogP contribution in [0.15, 0.2) is 24.4 Å². The Morgan fingerprint density at radius 1 is 1.50 bits per heavy atom. The molecule has 0 fully saturated rings. The van der Waals surface area contributed by atoms with E-state index in [9.17, 15) is 9.18 Å². The van der Waals surface area contributed by atoms with Crippen LogP contribution in [0.5, 0.6) is 5.75 Å². The Bertz CT molecular complexity index is 688. The molecule has 22 heavy (non-hydrogen) atoms. The molecule has 0 spiro atoms. The number of carbonyl (C=O) groups excluding carboxylic acids is 1. The van der Waals surface area contributed by atoms with Crippen LogP contribution in [-0.4, -0.2) is 39.1 Å². The molecule has 0 unspecified atom stereocenters. The molecule has 0 saturated heterocycles. The summed E-state index contributed by atoms with van der Waals surface area (Å²) in [5.74, 6) is 0.192. The maximum Gasteiger partial charge on any atom is 0.323 e. The molecule has 2 heterocycles. The maximum atomic E-state index is 13.7. The van der Waals surface area contributed by atoms with E-state index in [1.54, 1.807) is 17.0 Å². The van der Waals surface area contributed by atoms with E-state index in [4.69, 9.17) is 4.74 Å². The summed E-state index contributed by atoms with van der Waals surface area (Å²) in [6.45, 7) is 3.41. The summed E-state index contributed by atoms with van der Waals surface area (Å²) in [6.07, 6.45) is 1.49. The first-order valence-corrected chi connectivity index (χ1v) is 7.03. The molecule has 3 rings (SSSR count). The summed E-state index contributed by atoms with van der Waals surface area (Å²) in [4.78, 5) is 15.3. The normalized spacial score (nSPS) is 14.0. The number of aromatic nitrogens is 3. The lowest BCUT2D eigenvalue weighted by Crippen LogP contribution is -2.36. The lowest BCUT2D eigenvalue weighted by atomic mass is 10.2. The summed E-state index contributed by atoms with van der Waals surface area (Å²) < 4.78 is 19.1. The van der Waals surface area contributed by atoms with E-state index < -0.39 is 5.82 Å². The SMILES string of the molecule is CCn1ncc(NC(=O)N2CCOc3c(F)cccc3C2)n1. The number of nitrogens with zero attached hydrogens (tertiary/aromatic N) is 4. The van der Waals surface area contributed by atoms with Crippen LogP contribution in [0.25, 0.3) is 0 Å². The Kier molecular flexibility index (Phi) is 3.90. The molecule has 1 aliphatic heterocycles. The van der Waals surface area contributed by atoms with Gasteiger partial charge >= 0.3 is 6.03 Å². The van der Waals surface area contributed by atoms with Gasteiger partial charge in [0.2, 0.25) is 0 Å². The first kappa shape index (κ1) is 14.3. The highest BCUT2D eigenvalue weighted by Gasteiger charge is 2.22. The molecule has 0 aliphatic carbocycles. The van der Waals surface area contributed by atoms with E-state index >= 15 is 0 Å². The number of nitrogens with one attached hydrogen (secondary N) is 1. The lowest BCUT2D eigenvalue weighted by Gasteiger charge is -2.19. The number of anilines is 1. The molecular weight excluding hydrogens is 289 g/mol. The maximum absolute atomic E-state index is 13.7. The number of hydrogen-bond donors (Lipinski definition) is 1. The van der Waals surface area contributed by atoms with Gasteiger partial charge in [-0.05, 0) is 13.0 Å². The molecule has 7 nitrogen and oxygen atoms in total. The number of rotatable bonds is 2. The minimum Gasteiger partial charge on any atom is -0.488 e. The monoisotopic (exact) mass is 305 g/mol. The third-order valence-electron chi connectivity index (χ3n) is 3.36. The second-order valence-corrected chi connectivity index (χ2v) is 4.85. The number of aryl methyl sites for hydroxylation is 1. The highest BCUT2D eigenvalue weighted by Crippen LogP contribution is 2.26. The van der Waals surface area contributed by atoms with Crippen molar-refractivity contribution in [3.8, 4) is 5.75 Å². The largest absolute Gasteiger partial charge is 0.488 e. The van der Waals surface area contributed by atoms with Crippen LogP contribution in [0.2, 0.25) is 0 Å². The molecule has 1 aromatic carbocycles. The minimum atomic E-state index is -0.411. The van der Waals surface area contributed by atoms with E-state index in [0.29, 0.717) is 24.5 Å². The van der Waals surface area contributed by atoms with Gasteiger partial charge in [0.25, 0.3) is 0 Å². The zero-order valence-electron chi connectivity index (χ0n) is 12.1. The van der Waals surface area contributed by atoms with Gasteiger partial charge < -0.3 is 9.64 Å². The number of para-hydroxylation sites is 1. The molecule has 1 aliphatic rings. The van der Waals surface area contributed by atoms with E-state index in [1.165, 1.54) is 17.1 Å². The van der Waals surface area contributed by atoms with Crippen LogP contribution in [-0.2, 0) is 13.1 Å². The average molecular weight is 305 g/mol. The van der Waals surface area contributed by atoms with Crippen molar-refractivity contribution >= 4 is 11.8 Å². The molecule has 1 aromatic heterocycles. The molecule has 8 heteroatoms. The van der Waals surface area contributed by atoms with Crippen LogP contribution >= 0.6 is 0 Å². The lowest BCUT2D eigenvalue weighted by molar-refractivity contribution is 0.200. The van der Waals surface area contributed by atoms with Crippen molar-refractivity contribution in [1.82, 2.24) is 19.9 Å². The number of fused-ring (bicyclic) bond motifs is 1. The third-order valence-corrected chi connectivity index (χ3v) is 3.36. The van der Waals surface area contributed by atoms with E-state index in [2.05, 4.69) is 15.5 Å². The second kappa shape index (κ2) is 6.00. The first-order valence-electron chi connectivity index (χ1n) is 7.03. The van der Waals surface area contributed by atoms with Crippen LogP contribution in [0.3, 0.4) is 0 Å². The predicted octanol–water partition coefficient (Wildman–Crippen LogP) is 1.86. The highest BCUT2D eigenvalue weighted by molar-refractivity contribution is 5.88. The van der Waals surface area contributed by atoms with Crippen molar-refractivity contribution in [1.29, 1.82) is 0 Å². The second-order valence-electron chi connectivity index (χ2n) is 4.85. The molecule has 1 N–H and O–H groups in total. The van der Waals surface area contributed by atoms with Crippen molar-refractivity contribution in [3.63, 3.8) is 0 Å².